The normalized spacial score (nSPS) is 10.2. The van der Waals surface area contributed by atoms with Crippen LogP contribution in [0.5, 0.6) is 11.6 Å². The topological polar surface area (TPSA) is 35.0 Å². The lowest BCUT2D eigenvalue weighted by atomic mass is 10.2. The van der Waals surface area contributed by atoms with Gasteiger partial charge < -0.3 is 4.74 Å². The number of ether oxygens (including phenoxy) is 1. The van der Waals surface area contributed by atoms with Crippen LogP contribution in [-0.2, 0) is 0 Å². The summed E-state index contributed by atoms with van der Waals surface area (Å²) in [5.41, 5.74) is 0.971. The van der Waals surface area contributed by atoms with Gasteiger partial charge in [0, 0.05) is 17.3 Å². The average molecular weight is 255 g/mol. The van der Waals surface area contributed by atoms with E-state index in [0.717, 1.165) is 5.56 Å². The van der Waals surface area contributed by atoms with Crippen molar-refractivity contribution < 1.29 is 4.74 Å². The lowest BCUT2D eigenvalue weighted by Crippen LogP contribution is -1.91. The molecule has 0 saturated carbocycles. The zero-order chi connectivity index (χ0) is 11.5. The van der Waals surface area contributed by atoms with Gasteiger partial charge in [0.05, 0.1) is 0 Å². The molecular weight excluding hydrogens is 247 g/mol. The van der Waals surface area contributed by atoms with E-state index < -0.39 is 0 Å². The number of hydrogen-bond donors (Lipinski definition) is 0. The predicted octanol–water partition coefficient (Wildman–Crippen LogP) is 3.88. The molecule has 1 aromatic carbocycles. The first-order valence-corrected chi connectivity index (χ1v) is 5.33. The Labute approximate surface area is 103 Å². The third-order valence-corrected chi connectivity index (χ3v) is 2.38. The van der Waals surface area contributed by atoms with Crippen LogP contribution in [0.3, 0.4) is 0 Å². The van der Waals surface area contributed by atoms with Crippen LogP contribution in [0.1, 0.15) is 5.56 Å². The molecule has 0 aliphatic rings. The third-order valence-electron chi connectivity index (χ3n) is 1.97. The van der Waals surface area contributed by atoms with Gasteiger partial charge in [-0.3, -0.25) is 0 Å². The summed E-state index contributed by atoms with van der Waals surface area (Å²) in [5, 5.41) is 0.762. The molecule has 0 fully saturated rings. The van der Waals surface area contributed by atoms with Crippen molar-refractivity contribution in [2.24, 2.45) is 0 Å². The number of aromatic nitrogens is 2. The average Bonchev–Trinajstić information content (AvgIpc) is 2.24. The van der Waals surface area contributed by atoms with Crippen LogP contribution in [0, 0.1) is 6.92 Å². The van der Waals surface area contributed by atoms with Crippen molar-refractivity contribution in [3.05, 3.63) is 46.3 Å². The molecule has 0 atom stereocenters. The Hall–Kier alpha value is -1.32. The van der Waals surface area contributed by atoms with Crippen molar-refractivity contribution in [1.29, 1.82) is 0 Å². The highest BCUT2D eigenvalue weighted by Gasteiger charge is 2.04. The molecule has 0 radical (unpaired) electrons. The second kappa shape index (κ2) is 4.68. The fraction of sp³-hybridized carbons (Fsp3) is 0.0909. The molecule has 1 aromatic heterocycles. The van der Waals surface area contributed by atoms with Crippen LogP contribution < -0.4 is 4.74 Å². The minimum Gasteiger partial charge on any atom is -0.439 e. The van der Waals surface area contributed by atoms with Gasteiger partial charge in [0.2, 0.25) is 11.2 Å². The van der Waals surface area contributed by atoms with E-state index in [4.69, 9.17) is 27.9 Å². The Kier molecular flexibility index (Phi) is 3.27. The smallest absolute Gasteiger partial charge is 0.225 e. The maximum atomic E-state index is 5.88. The molecule has 0 aliphatic heterocycles. The summed E-state index contributed by atoms with van der Waals surface area (Å²) in [4.78, 5) is 7.70. The van der Waals surface area contributed by atoms with Crippen LogP contribution in [0.2, 0.25) is 10.3 Å². The summed E-state index contributed by atoms with van der Waals surface area (Å²) >= 11 is 11.5. The minimum absolute atomic E-state index is 0.150. The summed E-state index contributed by atoms with van der Waals surface area (Å²) in [6.07, 6.45) is 1.53. The van der Waals surface area contributed by atoms with E-state index in [9.17, 15) is 0 Å². The first-order chi connectivity index (χ1) is 7.65. The summed E-state index contributed by atoms with van der Waals surface area (Å²) in [7, 11) is 0. The zero-order valence-corrected chi connectivity index (χ0v) is 9.96. The number of nitrogens with zero attached hydrogens (tertiary/aromatic N) is 2. The molecular formula is C11H8Cl2N2O. The van der Waals surface area contributed by atoms with Crippen LogP contribution in [0.25, 0.3) is 0 Å². The van der Waals surface area contributed by atoms with Gasteiger partial charge in [-0.1, -0.05) is 17.7 Å². The molecule has 0 unspecified atom stereocenters. The Balaban J connectivity index is 2.30. The number of hydrogen-bond acceptors (Lipinski definition) is 3. The van der Waals surface area contributed by atoms with E-state index in [0.29, 0.717) is 16.7 Å². The minimum atomic E-state index is 0.150. The van der Waals surface area contributed by atoms with Gasteiger partial charge in [0.15, 0.2) is 0 Å². The molecule has 5 heteroatoms. The second-order valence-electron chi connectivity index (χ2n) is 3.18. The van der Waals surface area contributed by atoms with E-state index in [1.165, 1.54) is 6.20 Å². The molecule has 3 nitrogen and oxygen atoms in total. The molecule has 16 heavy (non-hydrogen) atoms. The van der Waals surface area contributed by atoms with Crippen molar-refractivity contribution in [3.63, 3.8) is 0 Å². The molecule has 0 saturated heterocycles. The first-order valence-electron chi connectivity index (χ1n) is 4.58. The molecule has 0 bridgehead atoms. The van der Waals surface area contributed by atoms with Gasteiger partial charge in [-0.2, -0.15) is 4.98 Å². The number of halogens is 2. The third kappa shape index (κ3) is 2.62. The summed E-state index contributed by atoms with van der Waals surface area (Å²) < 4.78 is 5.55. The van der Waals surface area contributed by atoms with Crippen molar-refractivity contribution in [2.45, 2.75) is 6.92 Å². The summed E-state index contributed by atoms with van der Waals surface area (Å²) in [5.74, 6) is 1.05. The number of rotatable bonds is 2. The van der Waals surface area contributed by atoms with E-state index >= 15 is 0 Å². The Morgan fingerprint density at radius 1 is 1.19 bits per heavy atom. The summed E-state index contributed by atoms with van der Waals surface area (Å²) in [6, 6.07) is 7.04. The summed E-state index contributed by atoms with van der Waals surface area (Å²) in [6.45, 7) is 1.93. The molecule has 0 spiro atoms. The van der Waals surface area contributed by atoms with E-state index in [1.807, 2.05) is 13.0 Å². The quantitative estimate of drug-likeness (QED) is 0.763. The van der Waals surface area contributed by atoms with Gasteiger partial charge in [0.25, 0.3) is 0 Å². The monoisotopic (exact) mass is 254 g/mol. The predicted molar refractivity (Wildman–Crippen MR) is 63.3 cm³/mol. The van der Waals surface area contributed by atoms with Crippen LogP contribution in [-0.4, -0.2) is 9.97 Å². The van der Waals surface area contributed by atoms with Crippen molar-refractivity contribution in [2.75, 3.05) is 0 Å². The molecule has 2 rings (SSSR count). The maximum Gasteiger partial charge on any atom is 0.225 e. The van der Waals surface area contributed by atoms with Gasteiger partial charge in [0.1, 0.15) is 5.75 Å². The largest absolute Gasteiger partial charge is 0.439 e. The van der Waals surface area contributed by atoms with Gasteiger partial charge in [-0.15, -0.1) is 0 Å². The van der Waals surface area contributed by atoms with Gasteiger partial charge in [-0.05, 0) is 36.2 Å². The Bertz CT molecular complexity index is 517. The van der Waals surface area contributed by atoms with Gasteiger partial charge in [-0.25, -0.2) is 4.98 Å². The molecule has 2 aromatic rings. The highest BCUT2D eigenvalue weighted by Crippen LogP contribution is 2.26. The highest BCUT2D eigenvalue weighted by molar-refractivity contribution is 6.30. The van der Waals surface area contributed by atoms with Crippen molar-refractivity contribution in [3.8, 4) is 11.6 Å². The van der Waals surface area contributed by atoms with Crippen LogP contribution >= 0.6 is 23.2 Å². The molecule has 1 heterocycles. The fourth-order valence-corrected chi connectivity index (χ4v) is 1.47. The van der Waals surface area contributed by atoms with E-state index in [1.54, 1.807) is 18.2 Å². The lowest BCUT2D eigenvalue weighted by molar-refractivity contribution is 0.458. The zero-order valence-electron chi connectivity index (χ0n) is 8.45. The lowest BCUT2D eigenvalue weighted by Gasteiger charge is -2.07. The molecule has 0 amide bonds. The SMILES string of the molecule is Cc1ccc(Cl)cc1Oc1ccnc(Cl)n1. The van der Waals surface area contributed by atoms with E-state index in [-0.39, 0.29) is 5.28 Å². The van der Waals surface area contributed by atoms with Gasteiger partial charge >= 0.3 is 0 Å². The first kappa shape index (κ1) is 11.2. The number of aryl methyl sites for hydroxylation is 1. The number of benzene rings is 1. The van der Waals surface area contributed by atoms with Crippen LogP contribution in [0.15, 0.2) is 30.5 Å². The van der Waals surface area contributed by atoms with Crippen molar-refractivity contribution in [1.82, 2.24) is 9.97 Å². The maximum absolute atomic E-state index is 5.88. The van der Waals surface area contributed by atoms with Crippen LogP contribution in [0.4, 0.5) is 0 Å². The second-order valence-corrected chi connectivity index (χ2v) is 3.95. The fourth-order valence-electron chi connectivity index (χ4n) is 1.17. The molecule has 82 valence electrons. The highest BCUT2D eigenvalue weighted by atomic mass is 35.5. The Morgan fingerprint density at radius 3 is 2.75 bits per heavy atom. The van der Waals surface area contributed by atoms with E-state index in [2.05, 4.69) is 9.97 Å². The molecule has 0 aliphatic carbocycles. The Morgan fingerprint density at radius 2 is 2.00 bits per heavy atom. The molecule has 0 N–H and O–H groups in total. The van der Waals surface area contributed by atoms with Crippen molar-refractivity contribution >= 4 is 23.2 Å². The standard InChI is InChI=1S/C11H8Cl2N2O/c1-7-2-3-8(12)6-9(7)16-10-4-5-14-11(13)15-10/h2-6H,1H3.